The van der Waals surface area contributed by atoms with E-state index in [4.69, 9.17) is 5.73 Å². The topological polar surface area (TPSA) is 66.6 Å². The summed E-state index contributed by atoms with van der Waals surface area (Å²) in [6.07, 6.45) is 0.345. The Morgan fingerprint density at radius 2 is 1.54 bits per heavy atom. The van der Waals surface area contributed by atoms with Crippen LogP contribution < -0.4 is 5.73 Å². The monoisotopic (exact) mass is 323 g/mol. The summed E-state index contributed by atoms with van der Waals surface area (Å²) in [6, 6.07) is 16.6. The number of hydrogen-bond donors (Lipinski definition) is 1. The van der Waals surface area contributed by atoms with Crippen LogP contribution in [-0.4, -0.2) is 47.8 Å². The quantitative estimate of drug-likeness (QED) is 0.876. The number of hydrogen-bond acceptors (Lipinski definition) is 3. The van der Waals surface area contributed by atoms with Crippen molar-refractivity contribution in [3.05, 3.63) is 65.7 Å². The van der Waals surface area contributed by atoms with Gasteiger partial charge in [0.1, 0.15) is 0 Å². The van der Waals surface area contributed by atoms with Crippen LogP contribution in [0.2, 0.25) is 0 Å². The molecular formula is C19H21N3O2. The van der Waals surface area contributed by atoms with Crippen molar-refractivity contribution in [2.45, 2.75) is 6.42 Å². The smallest absolute Gasteiger partial charge is 0.253 e. The number of nitrogens with two attached hydrogens (primary N) is 1. The molecule has 5 heteroatoms. The molecule has 0 atom stereocenters. The first-order valence-corrected chi connectivity index (χ1v) is 8.10. The van der Waals surface area contributed by atoms with Crippen LogP contribution in [0.4, 0.5) is 5.69 Å². The molecular weight excluding hydrogens is 302 g/mol. The van der Waals surface area contributed by atoms with Crippen LogP contribution in [-0.2, 0) is 11.2 Å². The van der Waals surface area contributed by atoms with E-state index in [9.17, 15) is 9.59 Å². The standard InChI is InChI=1S/C19H21N3O2/c20-17-8-4-5-15(13-17)14-18(23)21-9-11-22(12-10-21)19(24)16-6-2-1-3-7-16/h1-8,13H,9-12,14,20H2. The van der Waals surface area contributed by atoms with Gasteiger partial charge in [0.15, 0.2) is 0 Å². The van der Waals surface area contributed by atoms with Crippen molar-refractivity contribution < 1.29 is 9.59 Å². The average Bonchev–Trinajstić information content (AvgIpc) is 2.62. The summed E-state index contributed by atoms with van der Waals surface area (Å²) in [7, 11) is 0. The van der Waals surface area contributed by atoms with Crippen molar-refractivity contribution in [1.82, 2.24) is 9.80 Å². The number of carbonyl (C=O) groups excluding carboxylic acids is 2. The van der Waals surface area contributed by atoms with Crippen molar-refractivity contribution >= 4 is 17.5 Å². The van der Waals surface area contributed by atoms with Gasteiger partial charge in [-0.2, -0.15) is 0 Å². The lowest BCUT2D eigenvalue weighted by Crippen LogP contribution is -2.51. The van der Waals surface area contributed by atoms with Crippen LogP contribution in [0.5, 0.6) is 0 Å². The van der Waals surface area contributed by atoms with Gasteiger partial charge in [0.25, 0.3) is 5.91 Å². The summed E-state index contributed by atoms with van der Waals surface area (Å²) < 4.78 is 0. The van der Waals surface area contributed by atoms with Crippen molar-refractivity contribution in [2.75, 3.05) is 31.9 Å². The Morgan fingerprint density at radius 3 is 2.21 bits per heavy atom. The van der Waals surface area contributed by atoms with E-state index in [1.807, 2.05) is 59.5 Å². The molecule has 1 fully saturated rings. The minimum atomic E-state index is 0.0264. The second-order valence-corrected chi connectivity index (χ2v) is 5.96. The predicted molar refractivity (Wildman–Crippen MR) is 93.5 cm³/mol. The molecule has 3 rings (SSSR count). The van der Waals surface area contributed by atoms with Crippen molar-refractivity contribution in [3.63, 3.8) is 0 Å². The molecule has 2 aromatic carbocycles. The molecule has 0 aliphatic carbocycles. The zero-order valence-electron chi connectivity index (χ0n) is 13.5. The van der Waals surface area contributed by atoms with E-state index in [2.05, 4.69) is 0 Å². The highest BCUT2D eigenvalue weighted by atomic mass is 16.2. The van der Waals surface area contributed by atoms with Crippen LogP contribution >= 0.6 is 0 Å². The fraction of sp³-hybridized carbons (Fsp3) is 0.263. The van der Waals surface area contributed by atoms with Gasteiger partial charge >= 0.3 is 0 Å². The van der Waals surface area contributed by atoms with Crippen LogP contribution in [0.15, 0.2) is 54.6 Å². The highest BCUT2D eigenvalue weighted by Gasteiger charge is 2.24. The van der Waals surface area contributed by atoms with E-state index >= 15 is 0 Å². The molecule has 1 saturated heterocycles. The average molecular weight is 323 g/mol. The molecule has 1 aliphatic heterocycles. The Morgan fingerprint density at radius 1 is 0.875 bits per heavy atom. The number of benzene rings is 2. The first-order chi connectivity index (χ1) is 11.6. The van der Waals surface area contributed by atoms with Crippen LogP contribution in [0.1, 0.15) is 15.9 Å². The number of piperazine rings is 1. The Hall–Kier alpha value is -2.82. The summed E-state index contributed by atoms with van der Waals surface area (Å²) >= 11 is 0. The highest BCUT2D eigenvalue weighted by Crippen LogP contribution is 2.12. The molecule has 0 bridgehead atoms. The first kappa shape index (κ1) is 16.1. The zero-order valence-corrected chi connectivity index (χ0v) is 13.5. The predicted octanol–water partition coefficient (Wildman–Crippen LogP) is 1.80. The lowest BCUT2D eigenvalue weighted by Gasteiger charge is -2.35. The fourth-order valence-corrected chi connectivity index (χ4v) is 2.91. The molecule has 0 spiro atoms. The maximum Gasteiger partial charge on any atom is 0.253 e. The van der Waals surface area contributed by atoms with E-state index < -0.39 is 0 Å². The molecule has 5 nitrogen and oxygen atoms in total. The summed E-state index contributed by atoms with van der Waals surface area (Å²) in [5.74, 6) is 0.103. The van der Waals surface area contributed by atoms with Crippen LogP contribution in [0.25, 0.3) is 0 Å². The number of nitrogens with zero attached hydrogens (tertiary/aromatic N) is 2. The normalized spacial score (nSPS) is 14.5. The zero-order chi connectivity index (χ0) is 16.9. The van der Waals surface area contributed by atoms with Gasteiger partial charge in [-0.25, -0.2) is 0 Å². The molecule has 2 N–H and O–H groups in total. The molecule has 2 aromatic rings. The van der Waals surface area contributed by atoms with E-state index in [-0.39, 0.29) is 11.8 Å². The van der Waals surface area contributed by atoms with Gasteiger partial charge in [-0.1, -0.05) is 30.3 Å². The molecule has 2 amide bonds. The van der Waals surface area contributed by atoms with Crippen molar-refractivity contribution in [2.24, 2.45) is 0 Å². The van der Waals surface area contributed by atoms with Crippen molar-refractivity contribution in [3.8, 4) is 0 Å². The third kappa shape index (κ3) is 3.74. The molecule has 0 saturated carbocycles. The van der Waals surface area contributed by atoms with E-state index in [0.29, 0.717) is 43.9 Å². The molecule has 24 heavy (non-hydrogen) atoms. The molecule has 1 heterocycles. The number of rotatable bonds is 3. The van der Waals surface area contributed by atoms with Gasteiger partial charge in [-0.15, -0.1) is 0 Å². The molecule has 0 unspecified atom stereocenters. The summed E-state index contributed by atoms with van der Waals surface area (Å²) in [5, 5.41) is 0. The maximum atomic E-state index is 12.4. The fourth-order valence-electron chi connectivity index (χ4n) is 2.91. The van der Waals surface area contributed by atoms with E-state index in [1.165, 1.54) is 0 Å². The van der Waals surface area contributed by atoms with Gasteiger partial charge in [-0.3, -0.25) is 9.59 Å². The van der Waals surface area contributed by atoms with Crippen LogP contribution in [0, 0.1) is 0 Å². The van der Waals surface area contributed by atoms with Gasteiger partial charge in [0.05, 0.1) is 6.42 Å². The van der Waals surface area contributed by atoms with Gasteiger partial charge in [0, 0.05) is 37.4 Å². The SMILES string of the molecule is Nc1cccc(CC(=O)N2CCN(C(=O)c3ccccc3)CC2)c1. The number of nitrogen functional groups attached to an aromatic ring is 1. The summed E-state index contributed by atoms with van der Waals surface area (Å²) in [5.41, 5.74) is 8.03. The Kier molecular flexibility index (Phi) is 4.79. The minimum absolute atomic E-state index is 0.0264. The number of anilines is 1. The largest absolute Gasteiger partial charge is 0.399 e. The molecule has 0 radical (unpaired) electrons. The second kappa shape index (κ2) is 7.17. The van der Waals surface area contributed by atoms with E-state index in [0.717, 1.165) is 5.56 Å². The Bertz CT molecular complexity index is 722. The number of amides is 2. The first-order valence-electron chi connectivity index (χ1n) is 8.10. The van der Waals surface area contributed by atoms with Crippen LogP contribution in [0.3, 0.4) is 0 Å². The Balaban J connectivity index is 1.55. The lowest BCUT2D eigenvalue weighted by atomic mass is 10.1. The highest BCUT2D eigenvalue weighted by molar-refractivity contribution is 5.94. The summed E-state index contributed by atoms with van der Waals surface area (Å²) in [6.45, 7) is 2.27. The molecule has 1 aliphatic rings. The summed E-state index contributed by atoms with van der Waals surface area (Å²) in [4.78, 5) is 28.4. The van der Waals surface area contributed by atoms with Gasteiger partial charge < -0.3 is 15.5 Å². The third-order valence-corrected chi connectivity index (χ3v) is 4.25. The molecule has 124 valence electrons. The van der Waals surface area contributed by atoms with Gasteiger partial charge in [-0.05, 0) is 29.8 Å². The molecule has 0 aromatic heterocycles. The minimum Gasteiger partial charge on any atom is -0.399 e. The lowest BCUT2D eigenvalue weighted by molar-refractivity contribution is -0.131. The maximum absolute atomic E-state index is 12.4. The Labute approximate surface area is 141 Å². The van der Waals surface area contributed by atoms with Crippen molar-refractivity contribution in [1.29, 1.82) is 0 Å². The third-order valence-electron chi connectivity index (χ3n) is 4.25. The number of carbonyl (C=O) groups is 2. The van der Waals surface area contributed by atoms with Gasteiger partial charge in [0.2, 0.25) is 5.91 Å². The van der Waals surface area contributed by atoms with E-state index in [1.54, 1.807) is 4.90 Å². The second-order valence-electron chi connectivity index (χ2n) is 5.96.